The summed E-state index contributed by atoms with van der Waals surface area (Å²) in [5.74, 6) is 0.325. The number of nitrogens with zero attached hydrogens (tertiary/aromatic N) is 2. The van der Waals surface area contributed by atoms with E-state index in [0.717, 1.165) is 11.3 Å². The molecule has 1 aromatic heterocycles. The van der Waals surface area contributed by atoms with Crippen molar-refractivity contribution in [1.29, 1.82) is 0 Å². The first-order valence-electron chi connectivity index (χ1n) is 7.25. The molecule has 0 fully saturated rings. The smallest absolute Gasteiger partial charge is 0.255 e. The molecule has 116 valence electrons. The van der Waals surface area contributed by atoms with Crippen LogP contribution in [-0.4, -0.2) is 32.6 Å². The normalized spacial score (nSPS) is 15.8. The summed E-state index contributed by atoms with van der Waals surface area (Å²) >= 11 is 0. The quantitative estimate of drug-likeness (QED) is 0.888. The molecule has 2 N–H and O–H groups in total. The first-order valence-corrected chi connectivity index (χ1v) is 7.25. The average molecular weight is 303 g/mol. The highest BCUT2D eigenvalue weighted by molar-refractivity contribution is 5.22. The second-order valence-corrected chi connectivity index (χ2v) is 5.73. The summed E-state index contributed by atoms with van der Waals surface area (Å²) in [6.07, 6.45) is -0.115. The highest BCUT2D eigenvalue weighted by atomic mass is 19.1. The van der Waals surface area contributed by atoms with E-state index in [-0.39, 0.29) is 11.4 Å². The molecule has 1 aliphatic heterocycles. The van der Waals surface area contributed by atoms with Crippen molar-refractivity contribution in [2.75, 3.05) is 6.54 Å². The van der Waals surface area contributed by atoms with Gasteiger partial charge < -0.3 is 10.1 Å². The lowest BCUT2D eigenvalue weighted by molar-refractivity contribution is 0.111. The fourth-order valence-corrected chi connectivity index (χ4v) is 2.84. The summed E-state index contributed by atoms with van der Waals surface area (Å²) < 4.78 is 12.9. The number of H-pyrrole nitrogens is 1. The van der Waals surface area contributed by atoms with Crippen LogP contribution in [0.2, 0.25) is 0 Å². The number of aliphatic hydroxyl groups excluding tert-OH is 1. The number of hydrogen-bond acceptors (Lipinski definition) is 4. The van der Waals surface area contributed by atoms with Crippen LogP contribution in [0.4, 0.5) is 4.39 Å². The predicted molar refractivity (Wildman–Crippen MR) is 79.8 cm³/mol. The number of benzene rings is 1. The molecule has 1 aromatic carbocycles. The van der Waals surface area contributed by atoms with Crippen LogP contribution >= 0.6 is 0 Å². The summed E-state index contributed by atoms with van der Waals surface area (Å²) in [6.45, 7) is 3.28. The van der Waals surface area contributed by atoms with Crippen molar-refractivity contribution in [3.8, 4) is 0 Å². The maximum absolute atomic E-state index is 12.9. The summed E-state index contributed by atoms with van der Waals surface area (Å²) in [6, 6.07) is 6.12. The molecular weight excluding hydrogens is 285 g/mol. The lowest BCUT2D eigenvalue weighted by atomic mass is 10.1. The van der Waals surface area contributed by atoms with E-state index in [0.29, 0.717) is 37.4 Å². The lowest BCUT2D eigenvalue weighted by Crippen LogP contribution is -2.30. The van der Waals surface area contributed by atoms with Crippen LogP contribution in [0.1, 0.15) is 22.6 Å². The molecule has 1 unspecified atom stereocenters. The zero-order valence-corrected chi connectivity index (χ0v) is 12.3. The summed E-state index contributed by atoms with van der Waals surface area (Å²) in [7, 11) is 0. The number of rotatable bonds is 4. The zero-order chi connectivity index (χ0) is 15.7. The molecule has 6 heteroatoms. The van der Waals surface area contributed by atoms with Gasteiger partial charge in [-0.15, -0.1) is 0 Å². The minimum absolute atomic E-state index is 0.0991. The van der Waals surface area contributed by atoms with Gasteiger partial charge in [-0.1, -0.05) is 12.1 Å². The Morgan fingerprint density at radius 2 is 2.09 bits per heavy atom. The molecule has 5 nitrogen and oxygen atoms in total. The van der Waals surface area contributed by atoms with Crippen molar-refractivity contribution in [2.24, 2.45) is 0 Å². The van der Waals surface area contributed by atoms with Crippen molar-refractivity contribution < 1.29 is 9.50 Å². The van der Waals surface area contributed by atoms with Gasteiger partial charge >= 0.3 is 0 Å². The molecule has 1 aliphatic rings. The van der Waals surface area contributed by atoms with Crippen LogP contribution in [0, 0.1) is 12.7 Å². The van der Waals surface area contributed by atoms with Gasteiger partial charge in [-0.2, -0.15) is 0 Å². The van der Waals surface area contributed by atoms with Crippen molar-refractivity contribution in [1.82, 2.24) is 14.9 Å². The van der Waals surface area contributed by atoms with Crippen LogP contribution in [0.15, 0.2) is 29.1 Å². The number of hydrogen-bond donors (Lipinski definition) is 2. The van der Waals surface area contributed by atoms with Crippen LogP contribution in [0.25, 0.3) is 0 Å². The largest absolute Gasteiger partial charge is 0.391 e. The van der Waals surface area contributed by atoms with Crippen LogP contribution in [0.3, 0.4) is 0 Å². The Kier molecular flexibility index (Phi) is 4.04. The standard InChI is InChI=1S/C16H18FN3O2/c1-10-18-15-9-20(8-14(15)16(22)19-10)7-13(21)6-11-2-4-12(17)5-3-11/h2-5,13,21H,6-9H2,1H3,(H,18,19,22). The molecule has 0 aliphatic carbocycles. The molecule has 0 spiro atoms. The lowest BCUT2D eigenvalue weighted by Gasteiger charge is -2.19. The average Bonchev–Trinajstić information content (AvgIpc) is 2.84. The van der Waals surface area contributed by atoms with Gasteiger partial charge in [0.05, 0.1) is 17.4 Å². The van der Waals surface area contributed by atoms with Crippen molar-refractivity contribution in [3.63, 3.8) is 0 Å². The number of aryl methyl sites for hydroxylation is 1. The van der Waals surface area contributed by atoms with Gasteiger partial charge in [0, 0.05) is 19.6 Å². The van der Waals surface area contributed by atoms with Crippen molar-refractivity contribution >= 4 is 0 Å². The van der Waals surface area contributed by atoms with Crippen LogP contribution < -0.4 is 5.56 Å². The van der Waals surface area contributed by atoms with E-state index in [1.807, 2.05) is 4.90 Å². The molecular formula is C16H18FN3O2. The van der Waals surface area contributed by atoms with E-state index in [4.69, 9.17) is 0 Å². The number of halogens is 1. The van der Waals surface area contributed by atoms with Crippen molar-refractivity contribution in [2.45, 2.75) is 32.5 Å². The highest BCUT2D eigenvalue weighted by Crippen LogP contribution is 2.18. The first-order chi connectivity index (χ1) is 10.5. The van der Waals surface area contributed by atoms with E-state index in [1.54, 1.807) is 19.1 Å². The molecule has 0 amide bonds. The Hall–Kier alpha value is -2.05. The molecule has 0 radical (unpaired) electrons. The van der Waals surface area contributed by atoms with Gasteiger partial charge in [-0.25, -0.2) is 9.37 Å². The zero-order valence-electron chi connectivity index (χ0n) is 12.3. The van der Waals surface area contributed by atoms with E-state index >= 15 is 0 Å². The molecule has 0 bridgehead atoms. The third-order valence-electron chi connectivity index (χ3n) is 3.83. The van der Waals surface area contributed by atoms with Gasteiger partial charge in [-0.05, 0) is 31.0 Å². The Morgan fingerprint density at radius 3 is 2.82 bits per heavy atom. The molecule has 22 heavy (non-hydrogen) atoms. The fourth-order valence-electron chi connectivity index (χ4n) is 2.84. The number of aromatic nitrogens is 2. The van der Waals surface area contributed by atoms with E-state index in [9.17, 15) is 14.3 Å². The SMILES string of the molecule is Cc1nc2c(c(=O)[nH]1)CN(CC(O)Cc1ccc(F)cc1)C2. The summed E-state index contributed by atoms with van der Waals surface area (Å²) in [5.41, 5.74) is 2.25. The molecule has 2 aromatic rings. The third kappa shape index (κ3) is 3.23. The third-order valence-corrected chi connectivity index (χ3v) is 3.83. The molecule has 3 rings (SSSR count). The Morgan fingerprint density at radius 1 is 1.36 bits per heavy atom. The number of β-amino-alcohol motifs (C(OH)–C–C–N with tert-alkyl or cyclic N) is 1. The van der Waals surface area contributed by atoms with Gasteiger partial charge in [0.1, 0.15) is 11.6 Å². The van der Waals surface area contributed by atoms with Crippen LogP contribution in [-0.2, 0) is 19.5 Å². The predicted octanol–water partition coefficient (Wildman–Crippen LogP) is 1.14. The summed E-state index contributed by atoms with van der Waals surface area (Å²) in [5, 5.41) is 10.2. The van der Waals surface area contributed by atoms with Gasteiger partial charge in [0.15, 0.2) is 0 Å². The second-order valence-electron chi connectivity index (χ2n) is 5.73. The first kappa shape index (κ1) is 14.9. The van der Waals surface area contributed by atoms with Crippen molar-refractivity contribution in [3.05, 3.63) is 63.1 Å². The molecule has 0 saturated heterocycles. The Balaban J connectivity index is 1.62. The van der Waals surface area contributed by atoms with Gasteiger partial charge in [-0.3, -0.25) is 9.69 Å². The van der Waals surface area contributed by atoms with Gasteiger partial charge in [0.25, 0.3) is 5.56 Å². The molecule has 1 atom stereocenters. The number of aromatic amines is 1. The Bertz CT molecular complexity index is 727. The van der Waals surface area contributed by atoms with E-state index in [2.05, 4.69) is 9.97 Å². The second kappa shape index (κ2) is 5.98. The fraction of sp³-hybridized carbons (Fsp3) is 0.375. The topological polar surface area (TPSA) is 69.2 Å². The van der Waals surface area contributed by atoms with E-state index in [1.165, 1.54) is 12.1 Å². The maximum Gasteiger partial charge on any atom is 0.255 e. The monoisotopic (exact) mass is 303 g/mol. The minimum Gasteiger partial charge on any atom is -0.391 e. The number of nitrogens with one attached hydrogen (secondary N) is 1. The molecule has 2 heterocycles. The maximum atomic E-state index is 12.9. The van der Waals surface area contributed by atoms with Gasteiger partial charge in [0.2, 0.25) is 0 Å². The number of aliphatic hydroxyl groups is 1. The Labute approximate surface area is 127 Å². The highest BCUT2D eigenvalue weighted by Gasteiger charge is 2.25. The van der Waals surface area contributed by atoms with E-state index < -0.39 is 6.10 Å². The van der Waals surface area contributed by atoms with Crippen LogP contribution in [0.5, 0.6) is 0 Å². The summed E-state index contributed by atoms with van der Waals surface area (Å²) in [4.78, 5) is 20.9. The number of fused-ring (bicyclic) bond motifs is 1. The minimum atomic E-state index is -0.569. The molecule has 0 saturated carbocycles.